The molecule has 0 aliphatic heterocycles. The number of nitrogens with zero attached hydrogens (tertiary/aromatic N) is 1. The number of hydrogen-bond acceptors (Lipinski definition) is 2. The van der Waals surface area contributed by atoms with Gasteiger partial charge in [0.25, 0.3) is 0 Å². The molecule has 0 radical (unpaired) electrons. The standard InChI is InChI=1S/C11H23F3N2/c1-5-6-15-7-9(2)10(3)16(4)8-11(12,13)14/h9-10,15H,5-8H2,1-4H3. The number of alkyl halides is 3. The fraction of sp³-hybridized carbons (Fsp3) is 1.00. The molecule has 5 heteroatoms. The highest BCUT2D eigenvalue weighted by molar-refractivity contribution is 4.73. The van der Waals surface area contributed by atoms with Gasteiger partial charge in [-0.2, -0.15) is 13.2 Å². The van der Waals surface area contributed by atoms with Crippen LogP contribution in [0.5, 0.6) is 0 Å². The van der Waals surface area contributed by atoms with E-state index in [2.05, 4.69) is 12.2 Å². The van der Waals surface area contributed by atoms with Crippen LogP contribution in [0.4, 0.5) is 13.2 Å². The Labute approximate surface area is 96.2 Å². The van der Waals surface area contributed by atoms with Gasteiger partial charge in [-0.1, -0.05) is 13.8 Å². The van der Waals surface area contributed by atoms with Crippen molar-refractivity contribution in [2.24, 2.45) is 5.92 Å². The molecule has 0 aromatic carbocycles. The zero-order chi connectivity index (χ0) is 12.8. The van der Waals surface area contributed by atoms with Crippen molar-refractivity contribution >= 4 is 0 Å². The predicted octanol–water partition coefficient (Wildman–Crippen LogP) is 2.50. The second-order valence-electron chi connectivity index (χ2n) is 4.45. The van der Waals surface area contributed by atoms with Gasteiger partial charge in [0.1, 0.15) is 0 Å². The number of hydrogen-bond donors (Lipinski definition) is 1. The molecular weight excluding hydrogens is 217 g/mol. The Hall–Kier alpha value is -0.290. The average molecular weight is 240 g/mol. The third-order valence-electron chi connectivity index (χ3n) is 2.84. The van der Waals surface area contributed by atoms with E-state index < -0.39 is 12.7 Å². The van der Waals surface area contributed by atoms with E-state index in [-0.39, 0.29) is 12.0 Å². The number of halogens is 3. The normalized spacial score (nSPS) is 16.5. The Bertz CT molecular complexity index is 183. The van der Waals surface area contributed by atoms with Gasteiger partial charge in [-0.25, -0.2) is 0 Å². The van der Waals surface area contributed by atoms with Gasteiger partial charge in [-0.05, 0) is 39.4 Å². The summed E-state index contributed by atoms with van der Waals surface area (Å²) in [5.74, 6) is 0.207. The van der Waals surface area contributed by atoms with Crippen LogP contribution in [-0.2, 0) is 0 Å². The van der Waals surface area contributed by atoms with E-state index in [9.17, 15) is 13.2 Å². The van der Waals surface area contributed by atoms with E-state index in [1.165, 1.54) is 11.9 Å². The van der Waals surface area contributed by atoms with Crippen LogP contribution in [-0.4, -0.2) is 43.8 Å². The Morgan fingerprint density at radius 3 is 2.25 bits per heavy atom. The molecule has 0 aliphatic carbocycles. The number of nitrogens with one attached hydrogen (secondary N) is 1. The third-order valence-corrected chi connectivity index (χ3v) is 2.84. The molecule has 0 spiro atoms. The third kappa shape index (κ3) is 7.06. The fourth-order valence-electron chi connectivity index (χ4n) is 1.54. The van der Waals surface area contributed by atoms with Crippen LogP contribution >= 0.6 is 0 Å². The summed E-state index contributed by atoms with van der Waals surface area (Å²) in [6, 6.07) is -0.0778. The predicted molar refractivity (Wildman–Crippen MR) is 60.5 cm³/mol. The highest BCUT2D eigenvalue weighted by Crippen LogP contribution is 2.19. The van der Waals surface area contributed by atoms with Gasteiger partial charge in [0.2, 0.25) is 0 Å². The van der Waals surface area contributed by atoms with Crippen molar-refractivity contribution < 1.29 is 13.2 Å². The molecule has 0 aromatic heterocycles. The second kappa shape index (κ2) is 7.12. The summed E-state index contributed by atoms with van der Waals surface area (Å²) in [5.41, 5.74) is 0. The smallest absolute Gasteiger partial charge is 0.316 e. The Kier molecular flexibility index (Phi) is 6.99. The van der Waals surface area contributed by atoms with Crippen molar-refractivity contribution in [2.75, 3.05) is 26.7 Å². The summed E-state index contributed by atoms with van der Waals surface area (Å²) in [6.07, 6.45) is -3.07. The van der Waals surface area contributed by atoms with E-state index in [0.29, 0.717) is 0 Å². The van der Waals surface area contributed by atoms with Crippen LogP contribution < -0.4 is 5.32 Å². The lowest BCUT2D eigenvalue weighted by molar-refractivity contribution is -0.148. The molecule has 16 heavy (non-hydrogen) atoms. The highest BCUT2D eigenvalue weighted by atomic mass is 19.4. The lowest BCUT2D eigenvalue weighted by Crippen LogP contribution is -2.43. The maximum absolute atomic E-state index is 12.2. The molecule has 0 rings (SSSR count). The van der Waals surface area contributed by atoms with Crippen LogP contribution in [0, 0.1) is 5.92 Å². The van der Waals surface area contributed by atoms with E-state index in [1.807, 2.05) is 13.8 Å². The van der Waals surface area contributed by atoms with Crippen LogP contribution in [0.15, 0.2) is 0 Å². The molecule has 0 amide bonds. The van der Waals surface area contributed by atoms with Crippen molar-refractivity contribution in [3.63, 3.8) is 0 Å². The zero-order valence-electron chi connectivity index (χ0n) is 10.6. The van der Waals surface area contributed by atoms with Crippen LogP contribution in [0.1, 0.15) is 27.2 Å². The first-order valence-corrected chi connectivity index (χ1v) is 5.75. The molecule has 2 unspecified atom stereocenters. The van der Waals surface area contributed by atoms with Crippen molar-refractivity contribution in [1.82, 2.24) is 10.2 Å². The molecule has 2 atom stereocenters. The summed E-state index contributed by atoms with van der Waals surface area (Å²) < 4.78 is 36.5. The summed E-state index contributed by atoms with van der Waals surface area (Å²) in [5, 5.41) is 3.23. The van der Waals surface area contributed by atoms with Gasteiger partial charge in [-0.15, -0.1) is 0 Å². The van der Waals surface area contributed by atoms with E-state index in [1.54, 1.807) is 0 Å². The Morgan fingerprint density at radius 2 is 1.81 bits per heavy atom. The lowest BCUT2D eigenvalue weighted by atomic mass is 10.0. The molecule has 1 N–H and O–H groups in total. The monoisotopic (exact) mass is 240 g/mol. The van der Waals surface area contributed by atoms with Gasteiger partial charge >= 0.3 is 6.18 Å². The highest BCUT2D eigenvalue weighted by Gasteiger charge is 2.31. The summed E-state index contributed by atoms with van der Waals surface area (Å²) in [7, 11) is 1.52. The van der Waals surface area contributed by atoms with E-state index in [4.69, 9.17) is 0 Å². The fourth-order valence-corrected chi connectivity index (χ4v) is 1.54. The first-order chi connectivity index (χ1) is 7.28. The van der Waals surface area contributed by atoms with E-state index in [0.717, 1.165) is 19.5 Å². The summed E-state index contributed by atoms with van der Waals surface area (Å²) in [4.78, 5) is 1.36. The zero-order valence-corrected chi connectivity index (χ0v) is 10.6. The first-order valence-electron chi connectivity index (χ1n) is 5.75. The van der Waals surface area contributed by atoms with Crippen molar-refractivity contribution in [2.45, 2.75) is 39.4 Å². The maximum Gasteiger partial charge on any atom is 0.401 e. The Morgan fingerprint density at radius 1 is 1.25 bits per heavy atom. The van der Waals surface area contributed by atoms with Crippen molar-refractivity contribution in [1.29, 1.82) is 0 Å². The largest absolute Gasteiger partial charge is 0.401 e. The molecule has 0 bridgehead atoms. The molecule has 0 aromatic rings. The molecule has 0 fully saturated rings. The van der Waals surface area contributed by atoms with Crippen molar-refractivity contribution in [3.05, 3.63) is 0 Å². The lowest BCUT2D eigenvalue weighted by Gasteiger charge is -2.30. The minimum atomic E-state index is -4.11. The summed E-state index contributed by atoms with van der Waals surface area (Å²) in [6.45, 7) is 6.71. The maximum atomic E-state index is 12.2. The van der Waals surface area contributed by atoms with Crippen LogP contribution in [0.25, 0.3) is 0 Å². The van der Waals surface area contributed by atoms with Gasteiger partial charge in [0, 0.05) is 6.04 Å². The molecule has 0 saturated heterocycles. The molecule has 0 aliphatic rings. The molecular formula is C11H23F3N2. The second-order valence-corrected chi connectivity index (χ2v) is 4.45. The van der Waals surface area contributed by atoms with Crippen LogP contribution in [0.3, 0.4) is 0 Å². The molecule has 0 saturated carbocycles. The molecule has 98 valence electrons. The summed E-state index contributed by atoms with van der Waals surface area (Å²) >= 11 is 0. The average Bonchev–Trinajstić information content (AvgIpc) is 2.14. The van der Waals surface area contributed by atoms with Gasteiger partial charge in [0.15, 0.2) is 0 Å². The minimum absolute atomic E-state index is 0.0778. The first kappa shape index (κ1) is 15.7. The Balaban J connectivity index is 3.96. The van der Waals surface area contributed by atoms with Gasteiger partial charge in [-0.3, -0.25) is 4.90 Å². The SMILES string of the molecule is CCCNCC(C)C(C)N(C)CC(F)(F)F. The molecule has 2 nitrogen and oxygen atoms in total. The van der Waals surface area contributed by atoms with Gasteiger partial charge in [0.05, 0.1) is 6.54 Å². The molecule has 0 heterocycles. The van der Waals surface area contributed by atoms with Crippen LogP contribution in [0.2, 0.25) is 0 Å². The van der Waals surface area contributed by atoms with Crippen molar-refractivity contribution in [3.8, 4) is 0 Å². The number of rotatable bonds is 7. The van der Waals surface area contributed by atoms with Gasteiger partial charge < -0.3 is 5.32 Å². The van der Waals surface area contributed by atoms with E-state index >= 15 is 0 Å². The topological polar surface area (TPSA) is 15.3 Å². The quantitative estimate of drug-likeness (QED) is 0.688. The minimum Gasteiger partial charge on any atom is -0.316 e.